The fourth-order valence-corrected chi connectivity index (χ4v) is 1.93. The Hall–Kier alpha value is -2.16. The van der Waals surface area contributed by atoms with E-state index in [1.54, 1.807) is 0 Å². The third-order valence-electron chi connectivity index (χ3n) is 2.24. The van der Waals surface area contributed by atoms with Gasteiger partial charge in [-0.2, -0.15) is 0 Å². The SMILES string of the molecule is Nc1nc(C(=NO[C@H]2CCNC2=O)C(=O)O)cs1. The summed E-state index contributed by atoms with van der Waals surface area (Å²) < 4.78 is 0. The fourth-order valence-electron chi connectivity index (χ4n) is 1.38. The molecule has 0 aromatic carbocycles. The quantitative estimate of drug-likeness (QED) is 0.496. The van der Waals surface area contributed by atoms with Crippen molar-refractivity contribution in [1.82, 2.24) is 10.3 Å². The van der Waals surface area contributed by atoms with E-state index in [0.717, 1.165) is 11.3 Å². The Kier molecular flexibility index (Phi) is 3.42. The maximum absolute atomic E-state index is 11.2. The van der Waals surface area contributed by atoms with Crippen molar-refractivity contribution in [3.63, 3.8) is 0 Å². The molecule has 1 atom stereocenters. The van der Waals surface area contributed by atoms with Gasteiger partial charge < -0.3 is 21.0 Å². The van der Waals surface area contributed by atoms with Gasteiger partial charge in [-0.25, -0.2) is 9.78 Å². The third kappa shape index (κ3) is 2.56. The highest BCUT2D eigenvalue weighted by molar-refractivity contribution is 7.13. The number of anilines is 1. The van der Waals surface area contributed by atoms with Gasteiger partial charge in [0, 0.05) is 18.3 Å². The zero-order valence-corrected chi connectivity index (χ0v) is 9.94. The molecule has 0 radical (unpaired) electrons. The second-order valence-electron chi connectivity index (χ2n) is 3.49. The van der Waals surface area contributed by atoms with Crippen LogP contribution in [-0.2, 0) is 14.4 Å². The molecule has 1 saturated heterocycles. The normalized spacial score (nSPS) is 19.7. The van der Waals surface area contributed by atoms with Crippen LogP contribution in [0.25, 0.3) is 0 Å². The molecular formula is C9H10N4O4S. The molecule has 0 saturated carbocycles. The lowest BCUT2D eigenvalue weighted by Gasteiger charge is -2.04. The van der Waals surface area contributed by atoms with E-state index in [2.05, 4.69) is 15.5 Å². The molecule has 0 aliphatic carbocycles. The maximum atomic E-state index is 11.2. The number of carbonyl (C=O) groups is 2. The van der Waals surface area contributed by atoms with E-state index in [4.69, 9.17) is 15.7 Å². The zero-order valence-electron chi connectivity index (χ0n) is 9.12. The Morgan fingerprint density at radius 3 is 3.00 bits per heavy atom. The Balaban J connectivity index is 2.15. The number of aromatic nitrogens is 1. The first kappa shape index (κ1) is 12.3. The second-order valence-corrected chi connectivity index (χ2v) is 4.38. The number of rotatable bonds is 4. The van der Waals surface area contributed by atoms with E-state index in [9.17, 15) is 9.59 Å². The molecule has 0 unspecified atom stereocenters. The predicted octanol–water partition coefficient (Wildman–Crippen LogP) is -0.581. The van der Waals surface area contributed by atoms with Crippen LogP contribution in [0.1, 0.15) is 12.1 Å². The molecule has 9 heteroatoms. The van der Waals surface area contributed by atoms with Crippen LogP contribution < -0.4 is 11.1 Å². The van der Waals surface area contributed by atoms with Gasteiger partial charge in [-0.1, -0.05) is 5.16 Å². The van der Waals surface area contributed by atoms with Crippen molar-refractivity contribution in [1.29, 1.82) is 0 Å². The van der Waals surface area contributed by atoms with Gasteiger partial charge in [0.05, 0.1) is 0 Å². The standard InChI is InChI=1S/C9H10N4O4S/c10-9-12-4(3-18-9)6(8(15)16)13-17-5-1-2-11-7(5)14/h3,5H,1-2H2,(H2,10,12)(H,11,14)(H,15,16)/t5-/m0/s1. The van der Waals surface area contributed by atoms with Crippen molar-refractivity contribution in [2.24, 2.45) is 5.16 Å². The van der Waals surface area contributed by atoms with Gasteiger partial charge in [0.2, 0.25) is 11.8 Å². The lowest BCUT2D eigenvalue weighted by atomic mass is 10.3. The Morgan fingerprint density at radius 1 is 1.72 bits per heavy atom. The molecule has 0 spiro atoms. The number of thiazole rings is 1. The van der Waals surface area contributed by atoms with Crippen LogP contribution in [-0.4, -0.2) is 40.3 Å². The lowest BCUT2D eigenvalue weighted by molar-refractivity contribution is -0.131. The van der Waals surface area contributed by atoms with Gasteiger partial charge in [0.25, 0.3) is 5.91 Å². The first-order valence-electron chi connectivity index (χ1n) is 5.04. The molecule has 1 aromatic heterocycles. The van der Waals surface area contributed by atoms with Gasteiger partial charge in [-0.05, 0) is 0 Å². The minimum Gasteiger partial charge on any atom is -0.476 e. The number of aliphatic carboxylic acids is 1. The van der Waals surface area contributed by atoms with E-state index in [1.807, 2.05) is 0 Å². The van der Waals surface area contributed by atoms with Crippen LogP contribution in [0.5, 0.6) is 0 Å². The second kappa shape index (κ2) is 5.00. The number of nitrogens with zero attached hydrogens (tertiary/aromatic N) is 2. The zero-order chi connectivity index (χ0) is 13.1. The predicted molar refractivity (Wildman–Crippen MR) is 63.2 cm³/mol. The van der Waals surface area contributed by atoms with Crippen molar-refractivity contribution in [2.45, 2.75) is 12.5 Å². The highest BCUT2D eigenvalue weighted by Gasteiger charge is 2.27. The molecule has 96 valence electrons. The summed E-state index contributed by atoms with van der Waals surface area (Å²) in [7, 11) is 0. The van der Waals surface area contributed by atoms with E-state index in [-0.39, 0.29) is 22.4 Å². The van der Waals surface area contributed by atoms with Crippen LogP contribution in [0, 0.1) is 0 Å². The molecule has 2 rings (SSSR count). The summed E-state index contributed by atoms with van der Waals surface area (Å²) in [5.74, 6) is -1.60. The van der Waals surface area contributed by atoms with E-state index in [1.165, 1.54) is 5.38 Å². The van der Waals surface area contributed by atoms with E-state index in [0.29, 0.717) is 13.0 Å². The lowest BCUT2D eigenvalue weighted by Crippen LogP contribution is -2.25. The van der Waals surface area contributed by atoms with E-state index >= 15 is 0 Å². The summed E-state index contributed by atoms with van der Waals surface area (Å²) in [5.41, 5.74) is 5.15. The molecule has 1 aliphatic rings. The van der Waals surface area contributed by atoms with Crippen molar-refractivity contribution in [2.75, 3.05) is 12.3 Å². The summed E-state index contributed by atoms with van der Waals surface area (Å²) in [4.78, 5) is 30.9. The van der Waals surface area contributed by atoms with Gasteiger partial charge >= 0.3 is 5.97 Å². The number of carboxylic acids is 1. The monoisotopic (exact) mass is 270 g/mol. The minimum absolute atomic E-state index is 0.114. The number of nitrogens with two attached hydrogens (primary N) is 1. The molecule has 1 fully saturated rings. The number of amides is 1. The number of oxime groups is 1. The third-order valence-corrected chi connectivity index (χ3v) is 2.91. The molecule has 8 nitrogen and oxygen atoms in total. The molecule has 0 bridgehead atoms. The molecule has 2 heterocycles. The number of hydrogen-bond acceptors (Lipinski definition) is 7. The van der Waals surface area contributed by atoms with Crippen LogP contribution in [0.15, 0.2) is 10.5 Å². The molecule has 4 N–H and O–H groups in total. The Bertz CT molecular complexity index is 512. The Labute approximate surface area is 105 Å². The number of carboxylic acid groups (broad SMARTS) is 1. The van der Waals surface area contributed by atoms with Crippen LogP contribution >= 0.6 is 11.3 Å². The highest BCUT2D eigenvalue weighted by Crippen LogP contribution is 2.13. The van der Waals surface area contributed by atoms with Crippen molar-refractivity contribution in [3.05, 3.63) is 11.1 Å². The van der Waals surface area contributed by atoms with Crippen molar-refractivity contribution < 1.29 is 19.5 Å². The Morgan fingerprint density at radius 2 is 2.50 bits per heavy atom. The average molecular weight is 270 g/mol. The first-order chi connectivity index (χ1) is 8.58. The fraction of sp³-hybridized carbons (Fsp3) is 0.333. The van der Waals surface area contributed by atoms with Gasteiger partial charge in [0.15, 0.2) is 5.13 Å². The molecule has 1 aliphatic heterocycles. The van der Waals surface area contributed by atoms with E-state index < -0.39 is 12.1 Å². The summed E-state index contributed by atoms with van der Waals surface area (Å²) in [6.45, 7) is 0.491. The number of nitrogens with one attached hydrogen (secondary N) is 1. The average Bonchev–Trinajstić information content (AvgIpc) is 2.89. The van der Waals surface area contributed by atoms with Crippen LogP contribution in [0.3, 0.4) is 0 Å². The summed E-state index contributed by atoms with van der Waals surface area (Å²) >= 11 is 1.10. The van der Waals surface area contributed by atoms with Gasteiger partial charge in [-0.15, -0.1) is 11.3 Å². The van der Waals surface area contributed by atoms with Crippen LogP contribution in [0.4, 0.5) is 5.13 Å². The number of nitrogen functional groups attached to an aromatic ring is 1. The van der Waals surface area contributed by atoms with Gasteiger partial charge in [-0.3, -0.25) is 4.79 Å². The summed E-state index contributed by atoms with van der Waals surface area (Å²) in [5, 5.41) is 16.7. The molecule has 18 heavy (non-hydrogen) atoms. The summed E-state index contributed by atoms with van der Waals surface area (Å²) in [6.07, 6.45) is -0.302. The van der Waals surface area contributed by atoms with Gasteiger partial charge in [0.1, 0.15) is 5.69 Å². The summed E-state index contributed by atoms with van der Waals surface area (Å²) in [6, 6.07) is 0. The largest absolute Gasteiger partial charge is 0.476 e. The maximum Gasteiger partial charge on any atom is 0.360 e. The number of hydrogen-bond donors (Lipinski definition) is 3. The molecule has 1 amide bonds. The topological polar surface area (TPSA) is 127 Å². The smallest absolute Gasteiger partial charge is 0.360 e. The van der Waals surface area contributed by atoms with Crippen molar-refractivity contribution in [3.8, 4) is 0 Å². The number of carbonyl (C=O) groups excluding carboxylic acids is 1. The van der Waals surface area contributed by atoms with Crippen molar-refractivity contribution >= 4 is 34.1 Å². The van der Waals surface area contributed by atoms with Crippen LogP contribution in [0.2, 0.25) is 0 Å². The minimum atomic E-state index is -1.29. The molecular weight excluding hydrogens is 260 g/mol. The molecule has 1 aromatic rings. The highest BCUT2D eigenvalue weighted by atomic mass is 32.1. The first-order valence-corrected chi connectivity index (χ1v) is 5.92.